The second-order valence-electron chi connectivity index (χ2n) is 3.20. The van der Waals surface area contributed by atoms with Crippen LogP contribution in [0.3, 0.4) is 0 Å². The van der Waals surface area contributed by atoms with Gasteiger partial charge in [0.05, 0.1) is 6.10 Å². The van der Waals surface area contributed by atoms with E-state index in [9.17, 15) is 9.90 Å². The van der Waals surface area contributed by atoms with Crippen molar-refractivity contribution in [3.8, 4) is 0 Å². The minimum absolute atomic E-state index is 0.335. The van der Waals surface area contributed by atoms with E-state index in [1.165, 1.54) is 0 Å². The summed E-state index contributed by atoms with van der Waals surface area (Å²) in [5, 5.41) is 18.0. The molecule has 1 saturated heterocycles. The fourth-order valence-electron chi connectivity index (χ4n) is 1.64. The summed E-state index contributed by atoms with van der Waals surface area (Å²) in [6, 6.07) is -0.415. The quantitative estimate of drug-likeness (QED) is 0.626. The van der Waals surface area contributed by atoms with E-state index in [2.05, 4.69) is 0 Å². The number of likely N-dealkylation sites (tertiary alicyclic amines) is 1. The Hall–Kier alpha value is -0.610. The van der Waals surface area contributed by atoms with Crippen LogP contribution in [0.15, 0.2) is 0 Å². The Labute approximate surface area is 71.8 Å². The fourth-order valence-corrected chi connectivity index (χ4v) is 1.64. The van der Waals surface area contributed by atoms with Gasteiger partial charge in [0.15, 0.2) is 0 Å². The molecule has 0 aromatic carbocycles. The van der Waals surface area contributed by atoms with Crippen molar-refractivity contribution in [2.45, 2.75) is 31.9 Å². The average molecular weight is 173 g/mol. The van der Waals surface area contributed by atoms with Crippen LogP contribution in [-0.2, 0) is 4.79 Å². The summed E-state index contributed by atoms with van der Waals surface area (Å²) in [6.45, 7) is 3.06. The summed E-state index contributed by atoms with van der Waals surface area (Å²) in [6.07, 6.45) is 0.963. The van der Waals surface area contributed by atoms with Crippen LogP contribution < -0.4 is 0 Å². The summed E-state index contributed by atoms with van der Waals surface area (Å²) >= 11 is 0. The third-order valence-corrected chi connectivity index (χ3v) is 2.31. The van der Waals surface area contributed by atoms with Crippen LogP contribution >= 0.6 is 0 Å². The Morgan fingerprint density at radius 1 is 1.75 bits per heavy atom. The first-order chi connectivity index (χ1) is 5.65. The molecule has 0 radical (unpaired) electrons. The third kappa shape index (κ3) is 1.95. The Bertz CT molecular complexity index is 172. The van der Waals surface area contributed by atoms with E-state index in [0.717, 1.165) is 0 Å². The lowest BCUT2D eigenvalue weighted by molar-refractivity contribution is -0.143. The number of β-amino-alcohol motifs (C(OH)–C–C–N with tert-alkyl or cyclic N) is 1. The van der Waals surface area contributed by atoms with Gasteiger partial charge >= 0.3 is 5.97 Å². The van der Waals surface area contributed by atoms with Gasteiger partial charge in [0.2, 0.25) is 0 Å². The van der Waals surface area contributed by atoms with Crippen LogP contribution in [0.5, 0.6) is 0 Å². The number of aliphatic hydroxyl groups excluding tert-OH is 1. The van der Waals surface area contributed by atoms with Gasteiger partial charge in [0, 0.05) is 13.1 Å². The maximum Gasteiger partial charge on any atom is 0.320 e. The molecule has 2 N–H and O–H groups in total. The second-order valence-corrected chi connectivity index (χ2v) is 3.20. The van der Waals surface area contributed by atoms with E-state index in [-0.39, 0.29) is 6.10 Å². The number of aliphatic hydroxyl groups is 1. The molecule has 4 nitrogen and oxygen atoms in total. The van der Waals surface area contributed by atoms with Crippen molar-refractivity contribution in [3.63, 3.8) is 0 Å². The Kier molecular flexibility index (Phi) is 3.05. The van der Waals surface area contributed by atoms with Gasteiger partial charge in [-0.25, -0.2) is 0 Å². The smallest absolute Gasteiger partial charge is 0.320 e. The number of hydrogen-bond donors (Lipinski definition) is 2. The van der Waals surface area contributed by atoms with Crippen LogP contribution in [0.4, 0.5) is 0 Å². The van der Waals surface area contributed by atoms with Gasteiger partial charge in [0.1, 0.15) is 6.04 Å². The van der Waals surface area contributed by atoms with Crippen molar-refractivity contribution in [1.29, 1.82) is 0 Å². The van der Waals surface area contributed by atoms with Gasteiger partial charge < -0.3 is 10.2 Å². The van der Waals surface area contributed by atoms with E-state index in [4.69, 9.17) is 5.11 Å². The predicted molar refractivity (Wildman–Crippen MR) is 43.9 cm³/mol. The van der Waals surface area contributed by atoms with Gasteiger partial charge in [0.25, 0.3) is 0 Å². The molecule has 0 amide bonds. The molecule has 0 bridgehead atoms. The first-order valence-corrected chi connectivity index (χ1v) is 4.30. The first kappa shape index (κ1) is 9.48. The lowest BCUT2D eigenvalue weighted by atomic mass is 10.2. The largest absolute Gasteiger partial charge is 0.480 e. The van der Waals surface area contributed by atoms with Gasteiger partial charge in [-0.05, 0) is 12.8 Å². The van der Waals surface area contributed by atoms with Gasteiger partial charge in [-0.15, -0.1) is 0 Å². The highest BCUT2D eigenvalue weighted by Crippen LogP contribution is 2.14. The summed E-state index contributed by atoms with van der Waals surface area (Å²) in [7, 11) is 0. The summed E-state index contributed by atoms with van der Waals surface area (Å²) in [4.78, 5) is 12.5. The molecule has 2 atom stereocenters. The van der Waals surface area contributed by atoms with Crippen molar-refractivity contribution in [3.05, 3.63) is 0 Å². The number of rotatable bonds is 3. The third-order valence-electron chi connectivity index (χ3n) is 2.31. The minimum atomic E-state index is -0.786. The molecule has 1 aliphatic heterocycles. The fraction of sp³-hybridized carbons (Fsp3) is 0.875. The van der Waals surface area contributed by atoms with Crippen LogP contribution in [0.2, 0.25) is 0 Å². The molecule has 0 aromatic heterocycles. The average Bonchev–Trinajstić information content (AvgIpc) is 2.37. The zero-order valence-electron chi connectivity index (χ0n) is 7.23. The summed E-state index contributed by atoms with van der Waals surface area (Å²) in [5.74, 6) is -0.786. The van der Waals surface area contributed by atoms with E-state index in [1.807, 2.05) is 11.8 Å². The van der Waals surface area contributed by atoms with Crippen molar-refractivity contribution in [2.75, 3.05) is 13.1 Å². The lowest BCUT2D eigenvalue weighted by Crippen LogP contribution is -2.39. The van der Waals surface area contributed by atoms with Gasteiger partial charge in [-0.2, -0.15) is 0 Å². The zero-order chi connectivity index (χ0) is 9.14. The maximum atomic E-state index is 10.7. The van der Waals surface area contributed by atoms with Crippen LogP contribution in [0.25, 0.3) is 0 Å². The predicted octanol–water partition coefficient (Wildman–Crippen LogP) is -0.0838. The maximum absolute atomic E-state index is 10.7. The molecule has 1 aliphatic rings. The number of aliphatic carboxylic acids is 1. The molecule has 0 spiro atoms. The number of carbonyl (C=O) groups is 1. The molecule has 0 aromatic rings. The van der Waals surface area contributed by atoms with E-state index in [1.54, 1.807) is 0 Å². The molecular formula is C8H15NO3. The molecule has 1 heterocycles. The Balaban J connectivity index is 2.49. The monoisotopic (exact) mass is 173 g/mol. The van der Waals surface area contributed by atoms with Crippen molar-refractivity contribution >= 4 is 5.97 Å². The van der Waals surface area contributed by atoms with E-state index in [0.29, 0.717) is 25.9 Å². The molecule has 1 rings (SSSR count). The molecule has 4 heteroatoms. The van der Waals surface area contributed by atoms with E-state index < -0.39 is 12.0 Å². The topological polar surface area (TPSA) is 60.8 Å². The number of hydrogen-bond acceptors (Lipinski definition) is 3. The number of carboxylic acids is 1. The molecule has 1 unspecified atom stereocenters. The van der Waals surface area contributed by atoms with Gasteiger partial charge in [-0.3, -0.25) is 9.69 Å². The Morgan fingerprint density at radius 3 is 2.75 bits per heavy atom. The highest BCUT2D eigenvalue weighted by Gasteiger charge is 2.29. The normalized spacial score (nSPS) is 27.3. The summed E-state index contributed by atoms with van der Waals surface area (Å²) < 4.78 is 0. The second kappa shape index (κ2) is 3.87. The summed E-state index contributed by atoms with van der Waals surface area (Å²) in [5.41, 5.74) is 0. The minimum Gasteiger partial charge on any atom is -0.480 e. The SMILES string of the molecule is CCC(C(=O)O)N1CC[C@@H](O)C1. The van der Waals surface area contributed by atoms with Crippen LogP contribution in [0.1, 0.15) is 19.8 Å². The van der Waals surface area contributed by atoms with Crippen molar-refractivity contribution < 1.29 is 15.0 Å². The van der Waals surface area contributed by atoms with Crippen LogP contribution in [-0.4, -0.2) is 46.3 Å². The first-order valence-electron chi connectivity index (χ1n) is 4.30. The highest BCUT2D eigenvalue weighted by atomic mass is 16.4. The molecule has 70 valence electrons. The molecule has 0 aliphatic carbocycles. The lowest BCUT2D eigenvalue weighted by Gasteiger charge is -2.21. The van der Waals surface area contributed by atoms with Gasteiger partial charge in [-0.1, -0.05) is 6.92 Å². The standard InChI is InChI=1S/C8H15NO3/c1-2-7(8(11)12)9-4-3-6(10)5-9/h6-7,10H,2-5H2,1H3,(H,11,12)/t6-,7?/m1/s1. The van der Waals surface area contributed by atoms with Crippen LogP contribution in [0, 0.1) is 0 Å². The highest BCUT2D eigenvalue weighted by molar-refractivity contribution is 5.73. The van der Waals surface area contributed by atoms with Crippen molar-refractivity contribution in [2.24, 2.45) is 0 Å². The molecule has 0 saturated carbocycles. The van der Waals surface area contributed by atoms with Crippen molar-refractivity contribution in [1.82, 2.24) is 4.90 Å². The number of nitrogens with zero attached hydrogens (tertiary/aromatic N) is 1. The molecule has 1 fully saturated rings. The zero-order valence-corrected chi connectivity index (χ0v) is 7.23. The number of carboxylic acid groups (broad SMARTS) is 1. The molecular weight excluding hydrogens is 158 g/mol. The Morgan fingerprint density at radius 2 is 2.42 bits per heavy atom. The van der Waals surface area contributed by atoms with E-state index >= 15 is 0 Å². The molecule has 12 heavy (non-hydrogen) atoms.